The van der Waals surface area contributed by atoms with Crippen molar-refractivity contribution >= 4 is 0 Å². The summed E-state index contributed by atoms with van der Waals surface area (Å²) >= 11 is 0. The molecule has 1 aromatic carbocycles. The third-order valence-corrected chi connectivity index (χ3v) is 1.94. The Hall–Kier alpha value is -1.37. The summed E-state index contributed by atoms with van der Waals surface area (Å²) in [5, 5.41) is 0. The molecule has 2 nitrogen and oxygen atoms in total. The molecule has 0 aromatic heterocycles. The molecule has 0 saturated heterocycles. The molecule has 1 rings (SSSR count). The molecule has 0 fully saturated rings. The van der Waals surface area contributed by atoms with Crippen LogP contribution >= 0.6 is 0 Å². The van der Waals surface area contributed by atoms with E-state index in [-0.39, 0.29) is 11.3 Å². The molecule has 0 spiro atoms. The van der Waals surface area contributed by atoms with E-state index in [0.29, 0.717) is 0 Å². The average Bonchev–Trinajstić information content (AvgIpc) is 2.26. The van der Waals surface area contributed by atoms with Crippen molar-refractivity contribution in [3.63, 3.8) is 0 Å². The van der Waals surface area contributed by atoms with E-state index in [9.17, 15) is 22.0 Å². The second kappa shape index (κ2) is 4.87. The predicted octanol–water partition coefficient (Wildman–Crippen LogP) is 2.68. The minimum absolute atomic E-state index is 0.126. The molecule has 0 bridgehead atoms. The van der Waals surface area contributed by atoms with Crippen molar-refractivity contribution in [3.05, 3.63) is 29.8 Å². The topological polar surface area (TPSA) is 35.2 Å². The van der Waals surface area contributed by atoms with Crippen LogP contribution in [0.25, 0.3) is 0 Å². The van der Waals surface area contributed by atoms with Gasteiger partial charge in [0.2, 0.25) is 0 Å². The van der Waals surface area contributed by atoms with E-state index in [2.05, 4.69) is 4.74 Å². The summed E-state index contributed by atoms with van der Waals surface area (Å²) in [7, 11) is 0. The molecule has 2 N–H and O–H groups in total. The van der Waals surface area contributed by atoms with Crippen molar-refractivity contribution in [2.75, 3.05) is 13.2 Å². The van der Waals surface area contributed by atoms with Crippen molar-refractivity contribution in [2.45, 2.75) is 12.1 Å². The van der Waals surface area contributed by atoms with Crippen molar-refractivity contribution in [2.24, 2.45) is 5.73 Å². The molecule has 0 atom stereocenters. The molecule has 0 aliphatic heterocycles. The van der Waals surface area contributed by atoms with E-state index in [4.69, 9.17) is 5.73 Å². The van der Waals surface area contributed by atoms with Crippen LogP contribution in [0.2, 0.25) is 0 Å². The van der Waals surface area contributed by atoms with E-state index < -0.39 is 25.3 Å². The molecule has 0 unspecified atom stereocenters. The molecular formula is C10H10F5NO. The highest BCUT2D eigenvalue weighted by molar-refractivity contribution is 5.30. The zero-order chi connectivity index (χ0) is 13.1. The standard InChI is InChI=1S/C10H10F5NO/c11-9(12,5-16)7-1-3-8(4-2-7)17-6-10(13,14)15/h1-4H,5-6,16H2. The maximum Gasteiger partial charge on any atom is 0.422 e. The molecule has 0 aliphatic rings. The van der Waals surface area contributed by atoms with Gasteiger partial charge in [-0.05, 0) is 24.3 Å². The van der Waals surface area contributed by atoms with Crippen molar-refractivity contribution in [1.82, 2.24) is 0 Å². The largest absolute Gasteiger partial charge is 0.484 e. The first-order valence-corrected chi connectivity index (χ1v) is 4.62. The fourth-order valence-corrected chi connectivity index (χ4v) is 1.08. The quantitative estimate of drug-likeness (QED) is 0.839. The zero-order valence-corrected chi connectivity index (χ0v) is 8.60. The minimum atomic E-state index is -4.46. The summed E-state index contributed by atoms with van der Waals surface area (Å²) in [6.45, 7) is -2.32. The SMILES string of the molecule is NCC(F)(F)c1ccc(OCC(F)(F)F)cc1. The lowest BCUT2D eigenvalue weighted by molar-refractivity contribution is -0.153. The van der Waals surface area contributed by atoms with Gasteiger partial charge in [0, 0.05) is 5.56 Å². The van der Waals surface area contributed by atoms with E-state index in [1.807, 2.05) is 0 Å². The molecule has 0 aliphatic carbocycles. The number of rotatable bonds is 4. The summed E-state index contributed by atoms with van der Waals surface area (Å²) in [5.74, 6) is -3.32. The molecule has 96 valence electrons. The summed E-state index contributed by atoms with van der Waals surface area (Å²) in [5.41, 5.74) is 4.50. The van der Waals surface area contributed by atoms with Gasteiger partial charge in [-0.3, -0.25) is 0 Å². The third-order valence-electron chi connectivity index (χ3n) is 1.94. The van der Waals surface area contributed by atoms with Crippen LogP contribution in [0.5, 0.6) is 5.75 Å². The van der Waals surface area contributed by atoms with Gasteiger partial charge in [0.15, 0.2) is 6.61 Å². The molecular weight excluding hydrogens is 245 g/mol. The monoisotopic (exact) mass is 255 g/mol. The van der Waals surface area contributed by atoms with Gasteiger partial charge >= 0.3 is 6.18 Å². The third kappa shape index (κ3) is 4.18. The maximum atomic E-state index is 13.0. The summed E-state index contributed by atoms with van der Waals surface area (Å²) in [6.07, 6.45) is -4.46. The Kier molecular flexibility index (Phi) is 3.92. The molecule has 0 radical (unpaired) electrons. The second-order valence-electron chi connectivity index (χ2n) is 3.34. The Morgan fingerprint density at radius 1 is 1.00 bits per heavy atom. The van der Waals surface area contributed by atoms with Crippen LogP contribution in [0, 0.1) is 0 Å². The Balaban J connectivity index is 2.69. The highest BCUT2D eigenvalue weighted by atomic mass is 19.4. The zero-order valence-electron chi connectivity index (χ0n) is 8.60. The van der Waals surface area contributed by atoms with Crippen LogP contribution < -0.4 is 10.5 Å². The van der Waals surface area contributed by atoms with Gasteiger partial charge in [-0.1, -0.05) is 0 Å². The van der Waals surface area contributed by atoms with Crippen molar-refractivity contribution in [3.8, 4) is 5.75 Å². The Labute approximate surface area is 94.2 Å². The van der Waals surface area contributed by atoms with Crippen LogP contribution in [0.15, 0.2) is 24.3 Å². The van der Waals surface area contributed by atoms with Crippen LogP contribution in [0.3, 0.4) is 0 Å². The fraction of sp³-hybridized carbons (Fsp3) is 0.400. The lowest BCUT2D eigenvalue weighted by atomic mass is 10.1. The van der Waals surface area contributed by atoms with E-state index >= 15 is 0 Å². The summed E-state index contributed by atoms with van der Waals surface area (Å²) in [6, 6.07) is 4.06. The highest BCUT2D eigenvalue weighted by Gasteiger charge is 2.30. The molecule has 0 heterocycles. The molecule has 0 amide bonds. The predicted molar refractivity (Wildman–Crippen MR) is 50.9 cm³/mol. The van der Waals surface area contributed by atoms with E-state index in [1.165, 1.54) is 0 Å². The molecule has 0 saturated carbocycles. The van der Waals surface area contributed by atoms with E-state index in [0.717, 1.165) is 24.3 Å². The number of hydrogen-bond donors (Lipinski definition) is 1. The second-order valence-corrected chi connectivity index (χ2v) is 3.34. The van der Waals surface area contributed by atoms with Gasteiger partial charge in [0.25, 0.3) is 5.92 Å². The Morgan fingerprint density at radius 3 is 1.94 bits per heavy atom. The smallest absolute Gasteiger partial charge is 0.422 e. The highest BCUT2D eigenvalue weighted by Crippen LogP contribution is 2.28. The van der Waals surface area contributed by atoms with Gasteiger partial charge in [-0.25, -0.2) is 0 Å². The van der Waals surface area contributed by atoms with Crippen molar-refractivity contribution < 1.29 is 26.7 Å². The number of halogens is 5. The number of hydrogen-bond acceptors (Lipinski definition) is 2. The lowest BCUT2D eigenvalue weighted by Gasteiger charge is -2.15. The van der Waals surface area contributed by atoms with Gasteiger partial charge in [0.05, 0.1) is 6.54 Å². The average molecular weight is 255 g/mol. The first-order valence-electron chi connectivity index (χ1n) is 4.62. The van der Waals surface area contributed by atoms with Gasteiger partial charge < -0.3 is 10.5 Å². The number of benzene rings is 1. The molecule has 1 aromatic rings. The van der Waals surface area contributed by atoms with Crippen LogP contribution in [0.1, 0.15) is 5.56 Å². The first kappa shape index (κ1) is 13.7. The first-order chi connectivity index (χ1) is 7.74. The summed E-state index contributed by atoms with van der Waals surface area (Å²) < 4.78 is 65.9. The van der Waals surface area contributed by atoms with Gasteiger partial charge in [0.1, 0.15) is 5.75 Å². The van der Waals surface area contributed by atoms with E-state index in [1.54, 1.807) is 0 Å². The minimum Gasteiger partial charge on any atom is -0.484 e. The fourth-order valence-electron chi connectivity index (χ4n) is 1.08. The number of alkyl halides is 5. The van der Waals surface area contributed by atoms with Crippen LogP contribution in [0.4, 0.5) is 22.0 Å². The number of nitrogens with two attached hydrogens (primary N) is 1. The molecule has 17 heavy (non-hydrogen) atoms. The Morgan fingerprint density at radius 2 is 1.53 bits per heavy atom. The van der Waals surface area contributed by atoms with Crippen LogP contribution in [-0.2, 0) is 5.92 Å². The Bertz CT molecular complexity index is 360. The van der Waals surface area contributed by atoms with Gasteiger partial charge in [-0.2, -0.15) is 22.0 Å². The normalized spacial score (nSPS) is 12.6. The summed E-state index contributed by atoms with van der Waals surface area (Å²) in [4.78, 5) is 0. The van der Waals surface area contributed by atoms with Crippen LogP contribution in [-0.4, -0.2) is 19.3 Å². The number of ether oxygens (including phenoxy) is 1. The lowest BCUT2D eigenvalue weighted by Crippen LogP contribution is -2.25. The van der Waals surface area contributed by atoms with Crippen molar-refractivity contribution in [1.29, 1.82) is 0 Å². The van der Waals surface area contributed by atoms with Gasteiger partial charge in [-0.15, -0.1) is 0 Å². The molecule has 7 heteroatoms. The maximum absolute atomic E-state index is 13.0.